The summed E-state index contributed by atoms with van der Waals surface area (Å²) in [5.41, 5.74) is 0.726. The van der Waals surface area contributed by atoms with Crippen molar-refractivity contribution >= 4 is 23.2 Å². The van der Waals surface area contributed by atoms with E-state index in [-0.39, 0.29) is 17.9 Å². The Hall–Kier alpha value is -2.67. The Balaban J connectivity index is 1.83. The van der Waals surface area contributed by atoms with Crippen molar-refractivity contribution in [1.29, 1.82) is 0 Å². The zero-order valence-electron chi connectivity index (χ0n) is 10.6. The second kappa shape index (κ2) is 5.37. The minimum Gasteiger partial charge on any atom is -0.454 e. The maximum absolute atomic E-state index is 11.9. The first-order chi connectivity index (χ1) is 10.1. The van der Waals surface area contributed by atoms with Gasteiger partial charge in [0, 0.05) is 18.5 Å². The van der Waals surface area contributed by atoms with Crippen LogP contribution < -0.4 is 5.56 Å². The highest BCUT2D eigenvalue weighted by molar-refractivity contribution is 6.30. The van der Waals surface area contributed by atoms with Crippen LogP contribution in [0.1, 0.15) is 16.2 Å². The molecule has 0 saturated heterocycles. The summed E-state index contributed by atoms with van der Waals surface area (Å²) >= 11 is 5.82. The van der Waals surface area contributed by atoms with Crippen LogP contribution in [-0.2, 0) is 11.3 Å². The highest BCUT2D eigenvalue weighted by Crippen LogP contribution is 2.09. The van der Waals surface area contributed by atoms with Crippen molar-refractivity contribution in [2.75, 3.05) is 0 Å². The van der Waals surface area contributed by atoms with Crippen LogP contribution in [0.4, 0.5) is 0 Å². The normalized spacial score (nSPS) is 10.7. The molecule has 0 atom stereocenters. The van der Waals surface area contributed by atoms with Crippen LogP contribution in [0, 0.1) is 0 Å². The van der Waals surface area contributed by atoms with Crippen molar-refractivity contribution in [3.05, 3.63) is 63.4 Å². The molecular weight excluding hydrogens is 296 g/mol. The lowest BCUT2D eigenvalue weighted by Gasteiger charge is -2.05. The number of carbonyl (C=O) groups is 1. The molecule has 0 aliphatic carbocycles. The van der Waals surface area contributed by atoms with Gasteiger partial charge in [-0.05, 0) is 18.2 Å². The Morgan fingerprint density at radius 3 is 3.00 bits per heavy atom. The predicted molar refractivity (Wildman–Crippen MR) is 74.2 cm³/mol. The molecule has 1 N–H and O–H groups in total. The van der Waals surface area contributed by atoms with Gasteiger partial charge in [0.15, 0.2) is 0 Å². The zero-order chi connectivity index (χ0) is 14.8. The van der Waals surface area contributed by atoms with E-state index in [1.807, 2.05) is 0 Å². The Labute approximate surface area is 123 Å². The number of aromatic nitrogens is 4. The van der Waals surface area contributed by atoms with E-state index >= 15 is 0 Å². The van der Waals surface area contributed by atoms with Crippen molar-refractivity contribution in [2.24, 2.45) is 0 Å². The number of rotatable bonds is 3. The van der Waals surface area contributed by atoms with Gasteiger partial charge in [0.2, 0.25) is 0 Å². The minimum atomic E-state index is -0.564. The molecule has 0 saturated carbocycles. The molecule has 0 aromatic carbocycles. The van der Waals surface area contributed by atoms with Crippen LogP contribution in [0.15, 0.2) is 41.5 Å². The van der Waals surface area contributed by atoms with Gasteiger partial charge in [0.05, 0.1) is 10.7 Å². The largest absolute Gasteiger partial charge is 0.454 e. The monoisotopic (exact) mass is 304 g/mol. The standard InChI is InChI=1S/C13H9ClN4O3/c14-8-1-2-11-16-9(5-12(19)18(11)6-8)7-21-13(20)10-3-4-15-17-10/h1-6H,7H2,(H,15,17). The third-order valence-corrected chi connectivity index (χ3v) is 2.97. The van der Waals surface area contributed by atoms with Crippen LogP contribution in [0.25, 0.3) is 5.65 Å². The van der Waals surface area contributed by atoms with Gasteiger partial charge in [-0.1, -0.05) is 11.6 Å². The van der Waals surface area contributed by atoms with Gasteiger partial charge >= 0.3 is 5.97 Å². The van der Waals surface area contributed by atoms with Crippen molar-refractivity contribution in [3.63, 3.8) is 0 Å². The van der Waals surface area contributed by atoms with E-state index in [1.165, 1.54) is 28.9 Å². The van der Waals surface area contributed by atoms with Crippen molar-refractivity contribution in [2.45, 2.75) is 6.61 Å². The number of nitrogens with zero attached hydrogens (tertiary/aromatic N) is 3. The van der Waals surface area contributed by atoms with Crippen LogP contribution in [0.5, 0.6) is 0 Å². The Morgan fingerprint density at radius 1 is 1.38 bits per heavy atom. The van der Waals surface area contributed by atoms with E-state index in [2.05, 4.69) is 15.2 Å². The number of fused-ring (bicyclic) bond motifs is 1. The summed E-state index contributed by atoms with van der Waals surface area (Å²) in [5, 5.41) is 6.58. The fourth-order valence-corrected chi connectivity index (χ4v) is 1.95. The van der Waals surface area contributed by atoms with Gasteiger partial charge in [0.25, 0.3) is 5.56 Å². The fraction of sp³-hybridized carbons (Fsp3) is 0.0769. The molecule has 0 aliphatic rings. The molecule has 3 aromatic rings. The average molecular weight is 305 g/mol. The Morgan fingerprint density at radius 2 is 2.24 bits per heavy atom. The smallest absolute Gasteiger partial charge is 0.356 e. The number of hydrogen-bond acceptors (Lipinski definition) is 5. The maximum atomic E-state index is 11.9. The molecular formula is C13H9ClN4O3. The summed E-state index contributed by atoms with van der Waals surface area (Å²) in [6.07, 6.45) is 2.92. The Kier molecular flexibility index (Phi) is 3.41. The summed E-state index contributed by atoms with van der Waals surface area (Å²) in [5.74, 6) is -0.564. The molecule has 106 valence electrons. The van der Waals surface area contributed by atoms with Crippen molar-refractivity contribution in [1.82, 2.24) is 19.6 Å². The average Bonchev–Trinajstić information content (AvgIpc) is 3.00. The van der Waals surface area contributed by atoms with E-state index < -0.39 is 5.97 Å². The van der Waals surface area contributed by atoms with Gasteiger partial charge in [0.1, 0.15) is 17.9 Å². The van der Waals surface area contributed by atoms with Crippen LogP contribution >= 0.6 is 11.6 Å². The molecule has 3 heterocycles. The molecule has 0 fully saturated rings. The second-order valence-corrected chi connectivity index (χ2v) is 4.64. The number of pyridine rings is 1. The highest BCUT2D eigenvalue weighted by atomic mass is 35.5. The first-order valence-corrected chi connectivity index (χ1v) is 6.35. The fourth-order valence-electron chi connectivity index (χ4n) is 1.79. The lowest BCUT2D eigenvalue weighted by atomic mass is 10.4. The molecule has 3 aromatic heterocycles. The molecule has 8 heteroatoms. The second-order valence-electron chi connectivity index (χ2n) is 4.21. The number of esters is 1. The lowest BCUT2D eigenvalue weighted by molar-refractivity contribution is 0.0460. The number of hydrogen-bond donors (Lipinski definition) is 1. The van der Waals surface area contributed by atoms with Gasteiger partial charge in [-0.15, -0.1) is 0 Å². The first kappa shape index (κ1) is 13.3. The molecule has 0 amide bonds. The molecule has 0 unspecified atom stereocenters. The lowest BCUT2D eigenvalue weighted by Crippen LogP contribution is -2.16. The summed E-state index contributed by atoms with van der Waals surface area (Å²) in [4.78, 5) is 27.8. The quantitative estimate of drug-likeness (QED) is 0.739. The van der Waals surface area contributed by atoms with E-state index in [0.717, 1.165) is 0 Å². The predicted octanol–water partition coefficient (Wildman–Crippen LogP) is 1.43. The summed E-state index contributed by atoms with van der Waals surface area (Å²) in [6.45, 7) is -0.105. The maximum Gasteiger partial charge on any atom is 0.356 e. The Bertz CT molecular complexity index is 857. The van der Waals surface area contributed by atoms with E-state index in [4.69, 9.17) is 16.3 Å². The van der Waals surface area contributed by atoms with Crippen LogP contribution in [0.3, 0.4) is 0 Å². The minimum absolute atomic E-state index is 0.105. The van der Waals surface area contributed by atoms with Gasteiger partial charge in [-0.2, -0.15) is 5.10 Å². The van der Waals surface area contributed by atoms with E-state index in [1.54, 1.807) is 12.1 Å². The number of aromatic amines is 1. The molecule has 7 nitrogen and oxygen atoms in total. The molecule has 0 radical (unpaired) electrons. The third kappa shape index (κ3) is 2.77. The molecule has 21 heavy (non-hydrogen) atoms. The van der Waals surface area contributed by atoms with Crippen molar-refractivity contribution in [3.8, 4) is 0 Å². The van der Waals surface area contributed by atoms with Crippen molar-refractivity contribution < 1.29 is 9.53 Å². The van der Waals surface area contributed by atoms with Gasteiger partial charge < -0.3 is 4.74 Å². The summed E-state index contributed by atoms with van der Waals surface area (Å²) < 4.78 is 6.38. The van der Waals surface area contributed by atoms with E-state index in [0.29, 0.717) is 16.4 Å². The van der Waals surface area contributed by atoms with Crippen LogP contribution in [0.2, 0.25) is 5.02 Å². The molecule has 0 bridgehead atoms. The number of halogens is 1. The van der Waals surface area contributed by atoms with Gasteiger partial charge in [-0.3, -0.25) is 14.3 Å². The SMILES string of the molecule is O=C(OCc1cc(=O)n2cc(Cl)ccc2n1)c1ccn[nH]1. The third-order valence-electron chi connectivity index (χ3n) is 2.75. The highest BCUT2D eigenvalue weighted by Gasteiger charge is 2.10. The summed E-state index contributed by atoms with van der Waals surface area (Å²) in [6, 6.07) is 6.03. The van der Waals surface area contributed by atoms with E-state index in [9.17, 15) is 9.59 Å². The number of carbonyl (C=O) groups excluding carboxylic acids is 1. The zero-order valence-corrected chi connectivity index (χ0v) is 11.4. The number of H-pyrrole nitrogens is 1. The number of nitrogens with one attached hydrogen (secondary N) is 1. The molecule has 0 spiro atoms. The first-order valence-electron chi connectivity index (χ1n) is 5.98. The van der Waals surface area contributed by atoms with Gasteiger partial charge in [-0.25, -0.2) is 9.78 Å². The molecule has 0 aliphatic heterocycles. The topological polar surface area (TPSA) is 89.3 Å². The summed E-state index contributed by atoms with van der Waals surface area (Å²) in [7, 11) is 0. The molecule has 3 rings (SSSR count). The van der Waals surface area contributed by atoms with Crippen LogP contribution in [-0.4, -0.2) is 25.6 Å². The number of ether oxygens (including phenoxy) is 1.